The average Bonchev–Trinajstić information content (AvgIpc) is 2.99. The first-order valence-electron chi connectivity index (χ1n) is 7.66. The van der Waals surface area contributed by atoms with Crippen LogP contribution in [0.3, 0.4) is 0 Å². The summed E-state index contributed by atoms with van der Waals surface area (Å²) in [7, 11) is 0. The first-order chi connectivity index (χ1) is 10.2. The van der Waals surface area contributed by atoms with Gasteiger partial charge in [-0.05, 0) is 48.3 Å². The van der Waals surface area contributed by atoms with E-state index in [9.17, 15) is 26.3 Å². The zero-order chi connectivity index (χ0) is 15.7. The number of allylic oxidation sites excluding steroid dienone is 2. The fourth-order valence-electron chi connectivity index (χ4n) is 6.57. The fourth-order valence-corrected chi connectivity index (χ4v) is 6.57. The van der Waals surface area contributed by atoms with Crippen LogP contribution < -0.4 is 0 Å². The predicted octanol–water partition coefficient (Wildman–Crippen LogP) is 3.95. The lowest BCUT2D eigenvalue weighted by Crippen LogP contribution is -2.77. The van der Waals surface area contributed by atoms with Gasteiger partial charge < -0.3 is 4.74 Å². The van der Waals surface area contributed by atoms with E-state index in [1.807, 2.05) is 6.08 Å². The van der Waals surface area contributed by atoms with Crippen molar-refractivity contribution in [2.75, 3.05) is 0 Å². The summed E-state index contributed by atoms with van der Waals surface area (Å²) in [6, 6.07) is 0. The van der Waals surface area contributed by atoms with Crippen LogP contribution in [0.15, 0.2) is 12.2 Å². The van der Waals surface area contributed by atoms with E-state index in [-0.39, 0.29) is 23.7 Å². The molecule has 1 heterocycles. The van der Waals surface area contributed by atoms with Crippen molar-refractivity contribution >= 4 is 0 Å². The zero-order valence-corrected chi connectivity index (χ0v) is 11.4. The SMILES string of the molecule is FC(F)(F)C1(C(F)(F)F)OC2C3CC(C4C5C=CC(C5)C34)C21. The molecule has 0 radical (unpaired) electrons. The van der Waals surface area contributed by atoms with Crippen LogP contribution in [0.25, 0.3) is 0 Å². The molecule has 22 heavy (non-hydrogen) atoms. The van der Waals surface area contributed by atoms with Crippen molar-refractivity contribution in [3.8, 4) is 0 Å². The summed E-state index contributed by atoms with van der Waals surface area (Å²) < 4.78 is 84.4. The number of alkyl halides is 6. The van der Waals surface area contributed by atoms with Gasteiger partial charge in [0.1, 0.15) is 0 Å². The monoisotopic (exact) mass is 324 g/mol. The van der Waals surface area contributed by atoms with Crippen LogP contribution in [0, 0.1) is 41.4 Å². The lowest BCUT2D eigenvalue weighted by Gasteiger charge is -2.59. The smallest absolute Gasteiger partial charge is 0.354 e. The van der Waals surface area contributed by atoms with Gasteiger partial charge in [-0.2, -0.15) is 26.3 Å². The molecular formula is C15H14F6O. The average molecular weight is 324 g/mol. The van der Waals surface area contributed by atoms with Gasteiger partial charge in [-0.15, -0.1) is 0 Å². The second-order valence-corrected chi connectivity index (χ2v) is 7.51. The van der Waals surface area contributed by atoms with Crippen LogP contribution in [-0.2, 0) is 4.74 Å². The third-order valence-corrected chi connectivity index (χ3v) is 6.99. The quantitative estimate of drug-likeness (QED) is 0.372. The largest absolute Gasteiger partial charge is 0.426 e. The first-order valence-corrected chi connectivity index (χ1v) is 7.66. The second-order valence-electron chi connectivity index (χ2n) is 7.51. The third kappa shape index (κ3) is 1.20. The van der Waals surface area contributed by atoms with Crippen molar-refractivity contribution < 1.29 is 31.1 Å². The maximum absolute atomic E-state index is 13.3. The molecule has 5 aliphatic rings. The molecule has 0 aromatic heterocycles. The Morgan fingerprint density at radius 1 is 0.818 bits per heavy atom. The highest BCUT2D eigenvalue weighted by Crippen LogP contribution is 2.76. The van der Waals surface area contributed by atoms with Gasteiger partial charge in [-0.25, -0.2) is 0 Å². The molecule has 0 aromatic carbocycles. The number of halogens is 6. The Morgan fingerprint density at radius 2 is 1.36 bits per heavy atom. The fraction of sp³-hybridized carbons (Fsp3) is 0.867. The lowest BCUT2D eigenvalue weighted by atomic mass is 9.60. The number of hydrogen-bond acceptors (Lipinski definition) is 1. The molecule has 0 N–H and O–H groups in total. The molecule has 0 amide bonds. The van der Waals surface area contributed by atoms with Crippen molar-refractivity contribution in [3.63, 3.8) is 0 Å². The van der Waals surface area contributed by atoms with Gasteiger partial charge in [0.25, 0.3) is 5.60 Å². The van der Waals surface area contributed by atoms with E-state index in [4.69, 9.17) is 0 Å². The third-order valence-electron chi connectivity index (χ3n) is 6.99. The van der Waals surface area contributed by atoms with E-state index < -0.39 is 35.9 Å². The number of hydrogen-bond donors (Lipinski definition) is 0. The normalized spacial score (nSPS) is 53.5. The van der Waals surface area contributed by atoms with Crippen LogP contribution >= 0.6 is 0 Å². The molecule has 3 saturated carbocycles. The minimum Gasteiger partial charge on any atom is -0.354 e. The van der Waals surface area contributed by atoms with E-state index in [1.54, 1.807) is 0 Å². The molecule has 4 aliphatic carbocycles. The van der Waals surface area contributed by atoms with Gasteiger partial charge in [0, 0.05) is 5.92 Å². The van der Waals surface area contributed by atoms with Gasteiger partial charge in [-0.1, -0.05) is 12.2 Å². The molecule has 0 spiro atoms. The summed E-state index contributed by atoms with van der Waals surface area (Å²) in [6.45, 7) is 0. The highest BCUT2D eigenvalue weighted by Gasteiger charge is 2.88. The molecule has 8 unspecified atom stereocenters. The maximum atomic E-state index is 13.3. The van der Waals surface area contributed by atoms with Gasteiger partial charge in [0.2, 0.25) is 0 Å². The van der Waals surface area contributed by atoms with Gasteiger partial charge >= 0.3 is 12.4 Å². The number of fused-ring (bicyclic) bond motifs is 12. The van der Waals surface area contributed by atoms with Crippen LogP contribution in [0.1, 0.15) is 12.8 Å². The summed E-state index contributed by atoms with van der Waals surface area (Å²) in [4.78, 5) is 0. The van der Waals surface area contributed by atoms with Crippen molar-refractivity contribution in [2.24, 2.45) is 41.4 Å². The van der Waals surface area contributed by atoms with Crippen LogP contribution in [-0.4, -0.2) is 24.1 Å². The molecule has 8 atom stereocenters. The summed E-state index contributed by atoms with van der Waals surface area (Å²) in [5.74, 6) is -1.33. The summed E-state index contributed by atoms with van der Waals surface area (Å²) in [5.41, 5.74) is -3.93. The Balaban J connectivity index is 1.57. The minimum absolute atomic E-state index is 0.00535. The van der Waals surface area contributed by atoms with Gasteiger partial charge in [0.15, 0.2) is 0 Å². The molecule has 0 aromatic rings. The Kier molecular flexibility index (Phi) is 2.19. The topological polar surface area (TPSA) is 9.23 Å². The highest BCUT2D eigenvalue weighted by atomic mass is 19.4. The molecule has 1 saturated heterocycles. The second kappa shape index (κ2) is 3.52. The lowest BCUT2D eigenvalue weighted by molar-refractivity contribution is -0.474. The minimum atomic E-state index is -5.40. The van der Waals surface area contributed by atoms with E-state index in [0.29, 0.717) is 12.3 Å². The molecular weight excluding hydrogens is 310 g/mol. The highest BCUT2D eigenvalue weighted by molar-refractivity contribution is 5.28. The van der Waals surface area contributed by atoms with Crippen LogP contribution in [0.4, 0.5) is 26.3 Å². The summed E-state index contributed by atoms with van der Waals surface area (Å²) in [5, 5.41) is 0. The first kappa shape index (κ1) is 13.7. The Bertz CT molecular complexity index is 549. The summed E-state index contributed by atoms with van der Waals surface area (Å²) >= 11 is 0. The van der Waals surface area contributed by atoms with Crippen LogP contribution in [0.2, 0.25) is 0 Å². The van der Waals surface area contributed by atoms with Crippen molar-refractivity contribution in [3.05, 3.63) is 12.2 Å². The molecule has 7 heteroatoms. The molecule has 4 bridgehead atoms. The Hall–Kier alpha value is -0.720. The Morgan fingerprint density at radius 3 is 1.91 bits per heavy atom. The maximum Gasteiger partial charge on any atom is 0.426 e. The van der Waals surface area contributed by atoms with Gasteiger partial charge in [-0.3, -0.25) is 0 Å². The van der Waals surface area contributed by atoms with Crippen LogP contribution in [0.5, 0.6) is 0 Å². The number of ether oxygens (including phenoxy) is 1. The molecule has 5 rings (SSSR count). The van der Waals surface area contributed by atoms with E-state index in [2.05, 4.69) is 10.8 Å². The summed E-state index contributed by atoms with van der Waals surface area (Å²) in [6.07, 6.45) is -6.20. The van der Waals surface area contributed by atoms with E-state index in [0.717, 1.165) is 6.42 Å². The van der Waals surface area contributed by atoms with Gasteiger partial charge in [0.05, 0.1) is 6.10 Å². The van der Waals surface area contributed by atoms with E-state index in [1.165, 1.54) is 0 Å². The molecule has 4 fully saturated rings. The zero-order valence-electron chi connectivity index (χ0n) is 11.4. The van der Waals surface area contributed by atoms with E-state index >= 15 is 0 Å². The molecule has 1 nitrogen and oxygen atoms in total. The van der Waals surface area contributed by atoms with Crippen molar-refractivity contribution in [1.29, 1.82) is 0 Å². The predicted molar refractivity (Wildman–Crippen MR) is 62.5 cm³/mol. The number of rotatable bonds is 0. The van der Waals surface area contributed by atoms with Crippen molar-refractivity contribution in [1.82, 2.24) is 0 Å². The molecule has 1 aliphatic heterocycles. The standard InChI is InChI=1S/C15H14F6O/c16-14(17,18)13(15(19,20)21)11-7-4-8(12(11)22-13)10-6-2-1-5(3-6)9(7)10/h1-2,5-12H,3-4H2. The Labute approximate surface area is 122 Å². The molecule has 122 valence electrons. The van der Waals surface area contributed by atoms with Crippen molar-refractivity contribution in [2.45, 2.75) is 36.9 Å².